The van der Waals surface area contributed by atoms with Crippen molar-refractivity contribution >= 4 is 46.4 Å². The third kappa shape index (κ3) is 7.85. The number of fused-ring (bicyclic) bond motifs is 8. The third-order valence-electron chi connectivity index (χ3n) is 11.9. The minimum Gasteiger partial charge on any atom is -0.508 e. The van der Waals surface area contributed by atoms with Crippen LogP contribution in [-0.2, 0) is 0 Å². The maximum Gasteiger partial charge on any atom is 0.170 e. The number of nitrogens with two attached hydrogens (primary N) is 2. The van der Waals surface area contributed by atoms with Gasteiger partial charge in [0.25, 0.3) is 0 Å². The second-order valence-electron chi connectivity index (χ2n) is 16.2. The van der Waals surface area contributed by atoms with Gasteiger partial charge in [0.15, 0.2) is 46.5 Å². The van der Waals surface area contributed by atoms with Crippen molar-refractivity contribution in [2.75, 3.05) is 13.1 Å². The summed E-state index contributed by atoms with van der Waals surface area (Å²) in [6.07, 6.45) is -3.92. The van der Waals surface area contributed by atoms with E-state index in [4.69, 9.17) is 11.5 Å². The van der Waals surface area contributed by atoms with Gasteiger partial charge in [-0.2, -0.15) is 0 Å². The van der Waals surface area contributed by atoms with Crippen molar-refractivity contribution in [3.63, 3.8) is 0 Å². The van der Waals surface area contributed by atoms with Gasteiger partial charge in [0.2, 0.25) is 0 Å². The number of aromatic amines is 2. The van der Waals surface area contributed by atoms with Crippen molar-refractivity contribution in [2.45, 2.75) is 24.4 Å². The van der Waals surface area contributed by atoms with Crippen molar-refractivity contribution in [2.24, 2.45) is 11.5 Å². The zero-order valence-electron chi connectivity index (χ0n) is 35.7. The molecule has 3 aromatic heterocycles. The van der Waals surface area contributed by atoms with Gasteiger partial charge in [-0.25, -0.2) is 45.1 Å². The Kier molecular flexibility index (Phi) is 12.4. The minimum absolute atomic E-state index is 0.0310. The lowest BCUT2D eigenvalue weighted by molar-refractivity contribution is 0.0190. The van der Waals surface area contributed by atoms with Crippen molar-refractivity contribution in [1.82, 2.24) is 19.9 Å². The van der Waals surface area contributed by atoms with Gasteiger partial charge in [-0.15, -0.1) is 0 Å². The summed E-state index contributed by atoms with van der Waals surface area (Å²) < 4.78 is 131. The number of rotatable bonds is 10. The Balaban J connectivity index is 1.48. The molecule has 5 heterocycles. The fraction of sp³-hybridized carbons (Fsp3) is 0.120. The average Bonchev–Trinajstić information content (AvgIpc) is 4.20. The Morgan fingerprint density at radius 3 is 1.01 bits per heavy atom. The number of hydrogen-bond acceptors (Lipinski definition) is 10. The number of phenolic OH excluding ortho intramolecular Hbond substituents is 2. The molecule has 0 fully saturated rings. The molecule has 9 rings (SSSR count). The van der Waals surface area contributed by atoms with Gasteiger partial charge >= 0.3 is 0 Å². The molecule has 20 heteroatoms. The highest BCUT2D eigenvalue weighted by Crippen LogP contribution is 2.44. The summed E-state index contributed by atoms with van der Waals surface area (Å²) in [5.74, 6) is -16.8. The molecule has 0 spiro atoms. The van der Waals surface area contributed by atoms with E-state index in [0.29, 0.717) is 0 Å². The van der Waals surface area contributed by atoms with Gasteiger partial charge in [-0.3, -0.25) is 0 Å². The topological polar surface area (TPSA) is 231 Å². The third-order valence-corrected chi connectivity index (χ3v) is 11.9. The van der Waals surface area contributed by atoms with Gasteiger partial charge in [-0.1, -0.05) is 24.3 Å². The van der Waals surface area contributed by atoms with Crippen molar-refractivity contribution < 1.29 is 65.8 Å². The minimum atomic E-state index is -2.50. The molecule has 0 aliphatic carbocycles. The first kappa shape index (κ1) is 47.4. The van der Waals surface area contributed by atoms with Crippen LogP contribution < -0.4 is 11.5 Å². The smallest absolute Gasteiger partial charge is 0.170 e. The van der Waals surface area contributed by atoms with Crippen molar-refractivity contribution in [1.29, 1.82) is 0 Å². The summed E-state index contributed by atoms with van der Waals surface area (Å²) in [4.78, 5) is 15.3. The molecular formula is C50H36F8N6O6. The summed E-state index contributed by atoms with van der Waals surface area (Å²) in [6, 6.07) is 16.4. The maximum atomic E-state index is 16.6. The van der Waals surface area contributed by atoms with E-state index in [0.717, 1.165) is 0 Å². The SMILES string of the molecule is NCC(O)[C@@H](O)c1c(F)c(F)c(-c2c3nc(c(-c4cccc(O)c4)c4ccc([nH]4)c(-c4c(F)c(F)c([C@H](O)C(O)CN)c(F)c4F)c4nc(c(-c5cccc(O)c5)c5ccc2[nH]5)C=C4)C=C3)c(F)c1F. The molecular weight excluding hydrogens is 933 g/mol. The fourth-order valence-electron chi connectivity index (χ4n) is 8.56. The molecule has 70 heavy (non-hydrogen) atoms. The number of aliphatic hydroxyl groups excluding tert-OH is 4. The largest absolute Gasteiger partial charge is 0.508 e. The monoisotopic (exact) mass is 968 g/mol. The number of aliphatic hydroxyl groups is 4. The maximum absolute atomic E-state index is 16.6. The zero-order valence-corrected chi connectivity index (χ0v) is 35.7. The van der Waals surface area contributed by atoms with E-state index in [1.165, 1.54) is 97.1 Å². The highest BCUT2D eigenvalue weighted by molar-refractivity contribution is 6.00. The summed E-state index contributed by atoms with van der Waals surface area (Å²) in [5, 5.41) is 62.5. The molecule has 2 aliphatic rings. The van der Waals surface area contributed by atoms with Crippen molar-refractivity contribution in [3.8, 4) is 56.0 Å². The lowest BCUT2D eigenvalue weighted by atomic mass is 9.95. The lowest BCUT2D eigenvalue weighted by Crippen LogP contribution is -2.29. The van der Waals surface area contributed by atoms with E-state index < -0.39 is 117 Å². The van der Waals surface area contributed by atoms with E-state index in [1.807, 2.05) is 0 Å². The summed E-state index contributed by atoms with van der Waals surface area (Å²) >= 11 is 0. The highest BCUT2D eigenvalue weighted by Gasteiger charge is 2.36. The molecule has 0 saturated heterocycles. The molecule has 8 bridgehead atoms. The van der Waals surface area contributed by atoms with Crippen LogP contribution in [0.5, 0.6) is 11.5 Å². The molecule has 0 saturated carbocycles. The second-order valence-corrected chi connectivity index (χ2v) is 16.2. The number of aromatic hydroxyl groups is 2. The molecule has 4 atom stereocenters. The first-order valence-electron chi connectivity index (χ1n) is 21.0. The number of halogens is 8. The van der Waals surface area contributed by atoms with Crippen LogP contribution in [0.25, 0.3) is 90.9 Å². The van der Waals surface area contributed by atoms with E-state index >= 15 is 35.1 Å². The van der Waals surface area contributed by atoms with Crippen molar-refractivity contribution in [3.05, 3.63) is 153 Å². The number of nitrogens with one attached hydrogen (secondary N) is 2. The van der Waals surface area contributed by atoms with E-state index in [9.17, 15) is 30.6 Å². The molecule has 0 radical (unpaired) electrons. The Morgan fingerprint density at radius 1 is 0.414 bits per heavy atom. The number of hydrogen-bond donors (Lipinski definition) is 10. The Hall–Kier alpha value is -7.72. The standard InChI is InChI=1S/C50H36F8N6O6/c51-41-37(42(52)46(56)39(45(41)55)49(69)31(67)17-59)35-27-11-7-23(61-27)33(19-3-1-5-21(65)15-19)24-8-12-28(62-24)36(38-43(53)47(57)40(48(58)44(38)54)50(70)32(68)18-60)30-14-10-26(64-30)34(25-9-13-29(35)63-25)20-4-2-6-22(66)16-20/h1-16,31-32,49-50,61,64-70H,17-18,59-60H2/t31?,32?,49-,50-/m1/s1. The normalized spacial score (nSPS) is 14.0. The quantitative estimate of drug-likeness (QED) is 0.0464. The van der Waals surface area contributed by atoms with Crippen LogP contribution >= 0.6 is 0 Å². The second kappa shape index (κ2) is 18.3. The Labute approximate surface area is 389 Å². The fourth-order valence-corrected chi connectivity index (χ4v) is 8.56. The van der Waals surface area contributed by atoms with Crippen LogP contribution in [0.3, 0.4) is 0 Å². The Morgan fingerprint density at radius 2 is 0.714 bits per heavy atom. The van der Waals surface area contributed by atoms with E-state index in [-0.39, 0.29) is 78.6 Å². The predicted octanol–water partition coefficient (Wildman–Crippen LogP) is 8.55. The number of phenols is 2. The molecule has 2 unspecified atom stereocenters. The van der Waals surface area contributed by atoms with Crippen LogP contribution in [-0.4, -0.2) is 75.9 Å². The summed E-state index contributed by atoms with van der Waals surface area (Å²) in [5.41, 5.74) is 3.22. The molecule has 7 aromatic rings. The number of nitrogens with zero attached hydrogens (tertiary/aromatic N) is 2. The van der Waals surface area contributed by atoms with Gasteiger partial charge in [0.1, 0.15) is 23.7 Å². The van der Waals surface area contributed by atoms with Crippen LogP contribution in [0, 0.1) is 46.5 Å². The molecule has 2 aliphatic heterocycles. The van der Waals surface area contributed by atoms with Crippen LogP contribution in [0.4, 0.5) is 35.1 Å². The van der Waals surface area contributed by atoms with Gasteiger partial charge in [0.05, 0.1) is 57.2 Å². The highest BCUT2D eigenvalue weighted by atomic mass is 19.2. The molecule has 12 nitrogen and oxygen atoms in total. The van der Waals surface area contributed by atoms with Crippen LogP contribution in [0.2, 0.25) is 0 Å². The van der Waals surface area contributed by atoms with Crippen LogP contribution in [0.1, 0.15) is 46.1 Å². The van der Waals surface area contributed by atoms with Crippen LogP contribution in [0.15, 0.2) is 72.8 Å². The lowest BCUT2D eigenvalue weighted by Gasteiger charge is -2.20. The van der Waals surface area contributed by atoms with Gasteiger partial charge in [0, 0.05) is 57.4 Å². The summed E-state index contributed by atoms with van der Waals surface area (Å²) in [7, 11) is 0. The molecule has 358 valence electrons. The molecule has 0 amide bonds. The Bertz CT molecular complexity index is 3250. The number of aromatic nitrogens is 4. The van der Waals surface area contributed by atoms with E-state index in [2.05, 4.69) is 19.9 Å². The summed E-state index contributed by atoms with van der Waals surface area (Å²) in [6.45, 7) is -1.48. The first-order valence-corrected chi connectivity index (χ1v) is 21.0. The van der Waals surface area contributed by atoms with E-state index in [1.54, 1.807) is 0 Å². The number of benzene rings is 4. The van der Waals surface area contributed by atoms with Gasteiger partial charge < -0.3 is 52.1 Å². The average molecular weight is 969 g/mol. The van der Waals surface area contributed by atoms with Gasteiger partial charge in [-0.05, 0) is 84.0 Å². The predicted molar refractivity (Wildman–Crippen MR) is 244 cm³/mol. The molecule has 4 aromatic carbocycles. The number of H-pyrrole nitrogens is 2. The molecule has 12 N–H and O–H groups in total. The first-order chi connectivity index (χ1) is 33.4. The zero-order chi connectivity index (χ0) is 50.0.